The van der Waals surface area contributed by atoms with Gasteiger partial charge in [0.1, 0.15) is 9.52 Å². The molecule has 0 fully saturated rings. The Labute approximate surface area is 98.8 Å². The van der Waals surface area contributed by atoms with Crippen LogP contribution in [-0.2, 0) is 4.79 Å². The summed E-state index contributed by atoms with van der Waals surface area (Å²) in [5.41, 5.74) is 0. The average Bonchev–Trinajstić information content (AvgIpc) is 2.00. The maximum absolute atomic E-state index is 10.4. The molecule has 0 aromatic rings. The Kier molecular flexibility index (Phi) is 6.00. The van der Waals surface area contributed by atoms with E-state index in [1.54, 1.807) is 0 Å². The van der Waals surface area contributed by atoms with Crippen molar-refractivity contribution in [2.24, 2.45) is 0 Å². The molecular weight excluding hydrogens is 289 g/mol. The second kappa shape index (κ2) is 5.58. The molecule has 0 aliphatic rings. The molecule has 0 aromatic carbocycles. The van der Waals surface area contributed by atoms with Gasteiger partial charge in [0.25, 0.3) is 5.24 Å². The van der Waals surface area contributed by atoms with Gasteiger partial charge in [-0.25, -0.2) is 0 Å². The quantitative estimate of drug-likeness (QED) is 0.420. The highest BCUT2D eigenvalue weighted by Crippen LogP contribution is 2.31. The molecule has 7 heteroatoms. The fraction of sp³-hybridized carbons (Fsp3) is 0. The Bertz CT molecular complexity index is 261. The number of carbonyl (C=O) groups excluding carboxylic acids is 1. The molecule has 0 aliphatic carbocycles. The van der Waals surface area contributed by atoms with Crippen molar-refractivity contribution in [1.29, 1.82) is 0 Å². The molecule has 0 unspecified atom stereocenters. The van der Waals surface area contributed by atoms with E-state index in [1.165, 1.54) is 0 Å². The highest BCUT2D eigenvalue weighted by molar-refractivity contribution is 6.76. The van der Waals surface area contributed by atoms with Crippen molar-refractivity contribution >= 4 is 74.8 Å². The minimum Gasteiger partial charge on any atom is -0.275 e. The van der Waals surface area contributed by atoms with Crippen LogP contribution in [0.25, 0.3) is 0 Å². The van der Waals surface area contributed by atoms with Crippen molar-refractivity contribution in [2.75, 3.05) is 0 Å². The highest BCUT2D eigenvalue weighted by Gasteiger charge is 2.13. The molecule has 0 amide bonds. The van der Waals surface area contributed by atoms with Crippen LogP contribution in [0.4, 0.5) is 0 Å². The van der Waals surface area contributed by atoms with Gasteiger partial charge in [0.05, 0.1) is 10.1 Å². The Hall–Kier alpha value is 0.890. The van der Waals surface area contributed by atoms with E-state index in [1.807, 2.05) is 0 Å². The molecule has 0 saturated heterocycles. The number of hydrogen-bond donors (Lipinski definition) is 0. The summed E-state index contributed by atoms with van der Waals surface area (Å²) in [4.78, 5) is 10.4. The zero-order valence-electron chi connectivity index (χ0n) is 5.18. The molecule has 0 saturated carbocycles. The van der Waals surface area contributed by atoms with Crippen LogP contribution in [0.2, 0.25) is 0 Å². The van der Waals surface area contributed by atoms with E-state index in [0.29, 0.717) is 0 Å². The smallest absolute Gasteiger partial charge is 0.265 e. The van der Waals surface area contributed by atoms with Gasteiger partial charge in [0, 0.05) is 0 Å². The SMILES string of the molecule is O=C(Cl)C(Cl)=C(Cl)C(Cl)=C(Cl)Cl. The van der Waals surface area contributed by atoms with Crippen LogP contribution >= 0.6 is 69.6 Å². The van der Waals surface area contributed by atoms with Crippen LogP contribution in [-0.4, -0.2) is 5.24 Å². The Morgan fingerprint density at radius 3 is 1.33 bits per heavy atom. The van der Waals surface area contributed by atoms with Crippen LogP contribution in [0.1, 0.15) is 0 Å². The fourth-order valence-corrected chi connectivity index (χ4v) is 1.11. The standard InChI is InChI=1S/C5Cl6O/c6-1(2(7)4(9)10)3(8)5(11)12. The molecule has 0 aliphatic heterocycles. The van der Waals surface area contributed by atoms with E-state index in [4.69, 9.17) is 69.6 Å². The monoisotopic (exact) mass is 286 g/mol. The van der Waals surface area contributed by atoms with E-state index in [0.717, 1.165) is 0 Å². The second-order valence-electron chi connectivity index (χ2n) is 1.48. The van der Waals surface area contributed by atoms with Crippen LogP contribution in [0.15, 0.2) is 19.6 Å². The molecular formula is C5Cl6O. The van der Waals surface area contributed by atoms with Crippen molar-refractivity contribution in [3.05, 3.63) is 19.6 Å². The summed E-state index contributed by atoms with van der Waals surface area (Å²) >= 11 is 31.7. The van der Waals surface area contributed by atoms with E-state index in [-0.39, 0.29) is 14.6 Å². The van der Waals surface area contributed by atoms with Gasteiger partial charge >= 0.3 is 0 Å². The van der Waals surface area contributed by atoms with Gasteiger partial charge in [-0.15, -0.1) is 0 Å². The third-order valence-corrected chi connectivity index (χ3v) is 2.89. The third kappa shape index (κ3) is 3.73. The molecule has 0 bridgehead atoms. The van der Waals surface area contributed by atoms with Gasteiger partial charge in [-0.1, -0.05) is 58.0 Å². The van der Waals surface area contributed by atoms with Gasteiger partial charge in [-0.05, 0) is 11.6 Å². The van der Waals surface area contributed by atoms with Crippen LogP contribution < -0.4 is 0 Å². The second-order valence-corrected chi connectivity index (χ2v) is 3.90. The van der Waals surface area contributed by atoms with Gasteiger partial charge in [0.15, 0.2) is 0 Å². The van der Waals surface area contributed by atoms with E-state index in [2.05, 4.69) is 0 Å². The Morgan fingerprint density at radius 2 is 1.08 bits per heavy atom. The molecule has 0 N–H and O–H groups in total. The summed E-state index contributed by atoms with van der Waals surface area (Å²) < 4.78 is -0.294. The lowest BCUT2D eigenvalue weighted by atomic mass is 10.5. The van der Waals surface area contributed by atoms with Crippen LogP contribution in [0.3, 0.4) is 0 Å². The van der Waals surface area contributed by atoms with Crippen molar-refractivity contribution < 1.29 is 4.79 Å². The summed E-state index contributed by atoms with van der Waals surface area (Å²) in [6, 6.07) is 0. The van der Waals surface area contributed by atoms with Crippen molar-refractivity contribution in [3.8, 4) is 0 Å². The number of allylic oxidation sites excluding steroid dienone is 3. The molecule has 12 heavy (non-hydrogen) atoms. The zero-order valence-corrected chi connectivity index (χ0v) is 9.71. The summed E-state index contributed by atoms with van der Waals surface area (Å²) in [5.74, 6) is 0. The van der Waals surface area contributed by atoms with Gasteiger partial charge in [-0.3, -0.25) is 4.79 Å². The first-order valence-corrected chi connectivity index (χ1v) is 4.61. The Balaban J connectivity index is 5.06. The largest absolute Gasteiger partial charge is 0.275 e. The number of hydrogen-bond acceptors (Lipinski definition) is 1. The first-order chi connectivity index (χ1) is 5.37. The predicted molar refractivity (Wildman–Crippen MR) is 54.2 cm³/mol. The lowest BCUT2D eigenvalue weighted by Crippen LogP contribution is -1.89. The lowest BCUT2D eigenvalue weighted by molar-refractivity contribution is -0.108. The van der Waals surface area contributed by atoms with Crippen molar-refractivity contribution in [2.45, 2.75) is 0 Å². The minimum atomic E-state index is -0.936. The molecule has 0 atom stereocenters. The summed E-state index contributed by atoms with van der Waals surface area (Å²) in [6.45, 7) is 0. The maximum Gasteiger partial charge on any atom is 0.265 e. The first-order valence-electron chi connectivity index (χ1n) is 2.34. The summed E-state index contributed by atoms with van der Waals surface area (Å²) in [6.07, 6.45) is 0. The van der Waals surface area contributed by atoms with Crippen LogP contribution in [0.5, 0.6) is 0 Å². The van der Waals surface area contributed by atoms with Gasteiger partial charge in [-0.2, -0.15) is 0 Å². The molecule has 0 spiro atoms. The predicted octanol–water partition coefficient (Wildman–Crippen LogP) is 4.33. The molecule has 1 nitrogen and oxygen atoms in total. The topological polar surface area (TPSA) is 17.1 Å². The average molecular weight is 289 g/mol. The molecule has 68 valence electrons. The fourth-order valence-electron chi connectivity index (χ4n) is 0.266. The minimum absolute atomic E-state index is 0.223. The van der Waals surface area contributed by atoms with E-state index in [9.17, 15) is 4.79 Å². The van der Waals surface area contributed by atoms with Crippen molar-refractivity contribution in [3.63, 3.8) is 0 Å². The number of halogens is 6. The first kappa shape index (κ1) is 12.9. The zero-order chi connectivity index (χ0) is 9.89. The maximum atomic E-state index is 10.4. The number of rotatable bonds is 2. The molecule has 0 heterocycles. The van der Waals surface area contributed by atoms with Crippen LogP contribution in [0, 0.1) is 0 Å². The highest BCUT2D eigenvalue weighted by atomic mass is 35.5. The third-order valence-electron chi connectivity index (χ3n) is 0.724. The lowest BCUT2D eigenvalue weighted by Gasteiger charge is -1.97. The summed E-state index contributed by atoms with van der Waals surface area (Å²) in [7, 11) is 0. The summed E-state index contributed by atoms with van der Waals surface area (Å²) in [5, 5.41) is -1.87. The van der Waals surface area contributed by atoms with E-state index >= 15 is 0 Å². The van der Waals surface area contributed by atoms with Gasteiger partial charge < -0.3 is 0 Å². The molecule has 0 rings (SSSR count). The molecule has 0 radical (unpaired) electrons. The van der Waals surface area contributed by atoms with E-state index < -0.39 is 10.3 Å². The van der Waals surface area contributed by atoms with Gasteiger partial charge in [0.2, 0.25) is 0 Å². The van der Waals surface area contributed by atoms with Crippen molar-refractivity contribution in [1.82, 2.24) is 0 Å². The normalized spacial score (nSPS) is 12.2. The molecule has 0 aromatic heterocycles. The number of carbonyl (C=O) groups is 1. The Morgan fingerprint density at radius 1 is 0.667 bits per heavy atom.